The second kappa shape index (κ2) is 9.16. The van der Waals surface area contributed by atoms with E-state index >= 15 is 0 Å². The van der Waals surface area contributed by atoms with Crippen molar-refractivity contribution in [2.45, 2.75) is 26.0 Å². The molecular weight excluding hydrogens is 387 g/mol. The van der Waals surface area contributed by atoms with E-state index in [0.717, 1.165) is 34.1 Å². The van der Waals surface area contributed by atoms with Gasteiger partial charge >= 0.3 is 7.12 Å². The topological polar surface area (TPSA) is 65.6 Å². The Morgan fingerprint density at radius 3 is 2.58 bits per heavy atom. The highest BCUT2D eigenvalue weighted by molar-refractivity contribution is 6.59. The van der Waals surface area contributed by atoms with Gasteiger partial charge in [0.15, 0.2) is 6.20 Å². The molecule has 1 aromatic heterocycles. The highest BCUT2D eigenvalue weighted by atomic mass is 16.5. The third-order valence-electron chi connectivity index (χ3n) is 5.84. The summed E-state index contributed by atoms with van der Waals surface area (Å²) in [6, 6.07) is 20.5. The van der Waals surface area contributed by atoms with Crippen LogP contribution in [-0.2, 0) is 17.7 Å². The summed E-state index contributed by atoms with van der Waals surface area (Å²) < 4.78 is 7.66. The van der Waals surface area contributed by atoms with Crippen molar-refractivity contribution in [2.75, 3.05) is 14.2 Å². The molecule has 0 fully saturated rings. The van der Waals surface area contributed by atoms with E-state index in [1.54, 1.807) is 13.2 Å². The molecular formula is C25H28BN2O3+. The first-order chi connectivity index (χ1) is 15.0. The standard InChI is InChI=1S/C25H28BN2O3/c1-17(31-3)13-22-23(26(29)30)9-6-10-24(22)28-16-19-7-4-5-8-20(19)21-14-18(15-27-2)11-12-25(21)28/h4-12,14,16-17,27,29-30H,13,15H2,1-3H3/q+1. The summed E-state index contributed by atoms with van der Waals surface area (Å²) in [4.78, 5) is 0. The Morgan fingerprint density at radius 2 is 1.84 bits per heavy atom. The number of hydrogen-bond donors (Lipinski definition) is 3. The first-order valence-corrected chi connectivity index (χ1v) is 10.5. The molecule has 0 aliphatic rings. The van der Waals surface area contributed by atoms with Gasteiger partial charge in [-0.15, -0.1) is 0 Å². The van der Waals surface area contributed by atoms with Crippen molar-refractivity contribution in [1.29, 1.82) is 0 Å². The van der Waals surface area contributed by atoms with E-state index in [1.807, 2.05) is 32.2 Å². The molecule has 0 bridgehead atoms. The van der Waals surface area contributed by atoms with E-state index < -0.39 is 7.12 Å². The van der Waals surface area contributed by atoms with Gasteiger partial charge in [-0.05, 0) is 37.1 Å². The van der Waals surface area contributed by atoms with E-state index in [9.17, 15) is 10.0 Å². The monoisotopic (exact) mass is 415 g/mol. The average molecular weight is 415 g/mol. The van der Waals surface area contributed by atoms with Crippen molar-refractivity contribution < 1.29 is 19.4 Å². The van der Waals surface area contributed by atoms with Gasteiger partial charge in [-0.1, -0.05) is 36.4 Å². The maximum Gasteiger partial charge on any atom is 0.488 e. The van der Waals surface area contributed by atoms with Crippen LogP contribution in [0.25, 0.3) is 27.4 Å². The molecule has 4 aromatic rings. The van der Waals surface area contributed by atoms with Crippen LogP contribution in [0.4, 0.5) is 0 Å². The van der Waals surface area contributed by atoms with Gasteiger partial charge in [0.1, 0.15) is 0 Å². The molecule has 1 atom stereocenters. The largest absolute Gasteiger partial charge is 0.488 e. The number of nitrogens with one attached hydrogen (secondary N) is 1. The van der Waals surface area contributed by atoms with Crippen LogP contribution in [0.15, 0.2) is 66.9 Å². The summed E-state index contributed by atoms with van der Waals surface area (Å²) in [5.74, 6) is 0. The summed E-state index contributed by atoms with van der Waals surface area (Å²) in [5.41, 5.74) is 4.57. The second-order valence-corrected chi connectivity index (χ2v) is 7.94. The van der Waals surface area contributed by atoms with Gasteiger partial charge in [0, 0.05) is 48.5 Å². The Morgan fingerprint density at radius 1 is 1.03 bits per heavy atom. The molecule has 6 heteroatoms. The lowest BCUT2D eigenvalue weighted by Gasteiger charge is -2.16. The van der Waals surface area contributed by atoms with E-state index in [4.69, 9.17) is 4.74 Å². The molecule has 0 saturated heterocycles. The van der Waals surface area contributed by atoms with Gasteiger partial charge in [-0.25, -0.2) is 0 Å². The van der Waals surface area contributed by atoms with Crippen LogP contribution in [0.3, 0.4) is 0 Å². The highest BCUT2D eigenvalue weighted by Crippen LogP contribution is 2.25. The van der Waals surface area contributed by atoms with Gasteiger partial charge in [-0.3, -0.25) is 0 Å². The number of fused-ring (bicyclic) bond motifs is 3. The molecule has 0 saturated carbocycles. The Hall–Kier alpha value is -2.77. The molecule has 0 spiro atoms. The molecule has 31 heavy (non-hydrogen) atoms. The highest BCUT2D eigenvalue weighted by Gasteiger charge is 2.26. The number of nitrogens with zero attached hydrogens (tertiary/aromatic N) is 1. The molecule has 1 unspecified atom stereocenters. The fourth-order valence-electron chi connectivity index (χ4n) is 4.24. The van der Waals surface area contributed by atoms with Gasteiger partial charge < -0.3 is 20.1 Å². The predicted molar refractivity (Wildman–Crippen MR) is 126 cm³/mol. The summed E-state index contributed by atoms with van der Waals surface area (Å²) in [5, 5.41) is 26.8. The zero-order valence-corrected chi connectivity index (χ0v) is 18.2. The molecule has 158 valence electrons. The number of rotatable bonds is 7. The third-order valence-corrected chi connectivity index (χ3v) is 5.84. The Balaban J connectivity index is 2.04. The maximum absolute atomic E-state index is 10.0. The zero-order chi connectivity index (χ0) is 22.0. The Labute approximate surface area is 183 Å². The van der Waals surface area contributed by atoms with Gasteiger partial charge in [0.2, 0.25) is 11.2 Å². The van der Waals surface area contributed by atoms with Crippen molar-refractivity contribution in [2.24, 2.45) is 0 Å². The lowest BCUT2D eigenvalue weighted by atomic mass is 9.75. The fourth-order valence-corrected chi connectivity index (χ4v) is 4.24. The van der Waals surface area contributed by atoms with Crippen molar-refractivity contribution in [1.82, 2.24) is 5.32 Å². The molecule has 0 aliphatic carbocycles. The minimum atomic E-state index is -1.55. The molecule has 5 nitrogen and oxygen atoms in total. The molecule has 0 amide bonds. The number of aromatic nitrogens is 1. The smallest absolute Gasteiger partial charge is 0.423 e. The van der Waals surface area contributed by atoms with Crippen LogP contribution < -0.4 is 15.3 Å². The lowest BCUT2D eigenvalue weighted by Crippen LogP contribution is -2.40. The van der Waals surface area contributed by atoms with Crippen LogP contribution >= 0.6 is 0 Å². The molecule has 3 aromatic carbocycles. The third kappa shape index (κ3) is 4.20. The fraction of sp³-hybridized carbons (Fsp3) is 0.240. The predicted octanol–water partition coefficient (Wildman–Crippen LogP) is 2.25. The van der Waals surface area contributed by atoms with Crippen LogP contribution in [0, 0.1) is 0 Å². The SMILES string of the molecule is CNCc1ccc2c(c1)c1ccccc1c[n+]2-c1cccc(B(O)O)c1CC(C)OC. The van der Waals surface area contributed by atoms with E-state index in [-0.39, 0.29) is 6.10 Å². The van der Waals surface area contributed by atoms with E-state index in [2.05, 4.69) is 52.5 Å². The Bertz CT molecular complexity index is 1230. The van der Waals surface area contributed by atoms with Crippen molar-refractivity contribution in [3.63, 3.8) is 0 Å². The first-order valence-electron chi connectivity index (χ1n) is 10.5. The first kappa shape index (κ1) is 21.5. The lowest BCUT2D eigenvalue weighted by molar-refractivity contribution is -0.566. The van der Waals surface area contributed by atoms with E-state index in [0.29, 0.717) is 11.9 Å². The number of benzene rings is 3. The number of methoxy groups -OCH3 is 1. The van der Waals surface area contributed by atoms with Crippen LogP contribution in [0.1, 0.15) is 18.1 Å². The quantitative estimate of drug-likeness (QED) is 0.246. The molecule has 1 heterocycles. The normalized spacial score (nSPS) is 12.4. The van der Waals surface area contributed by atoms with Crippen molar-refractivity contribution >= 4 is 34.3 Å². The molecule has 0 radical (unpaired) electrons. The summed E-state index contributed by atoms with van der Waals surface area (Å²) in [6.45, 7) is 2.78. The van der Waals surface area contributed by atoms with Crippen molar-refractivity contribution in [3.8, 4) is 5.69 Å². The zero-order valence-electron chi connectivity index (χ0n) is 18.2. The minimum Gasteiger partial charge on any atom is -0.423 e. The maximum atomic E-state index is 10.0. The summed E-state index contributed by atoms with van der Waals surface area (Å²) in [6.07, 6.45) is 2.63. The van der Waals surface area contributed by atoms with Crippen molar-refractivity contribution in [3.05, 3.63) is 78.0 Å². The second-order valence-electron chi connectivity index (χ2n) is 7.94. The van der Waals surface area contributed by atoms with Crippen LogP contribution in [-0.4, -0.2) is 37.4 Å². The number of pyridine rings is 1. The van der Waals surface area contributed by atoms with Gasteiger partial charge in [0.25, 0.3) is 0 Å². The average Bonchev–Trinajstić information content (AvgIpc) is 2.78. The number of hydrogen-bond acceptors (Lipinski definition) is 4. The number of ether oxygens (including phenoxy) is 1. The van der Waals surface area contributed by atoms with Crippen LogP contribution in [0.5, 0.6) is 0 Å². The molecule has 3 N–H and O–H groups in total. The molecule has 0 aliphatic heterocycles. The molecule has 4 rings (SSSR count). The van der Waals surface area contributed by atoms with Gasteiger partial charge in [0.05, 0.1) is 11.5 Å². The van der Waals surface area contributed by atoms with Crippen LogP contribution in [0.2, 0.25) is 0 Å². The van der Waals surface area contributed by atoms with Gasteiger partial charge in [-0.2, -0.15) is 4.57 Å². The Kier molecular flexibility index (Phi) is 6.34. The summed E-state index contributed by atoms with van der Waals surface area (Å²) >= 11 is 0. The summed E-state index contributed by atoms with van der Waals surface area (Å²) in [7, 11) is 2.07. The minimum absolute atomic E-state index is 0.0619. The van der Waals surface area contributed by atoms with E-state index in [1.165, 1.54) is 10.9 Å².